The second-order valence-electron chi connectivity index (χ2n) is 6.95. The first-order chi connectivity index (χ1) is 10.9. The Morgan fingerprint density at radius 3 is 2.48 bits per heavy atom. The number of benzene rings is 1. The lowest BCUT2D eigenvalue weighted by Crippen LogP contribution is -2.39. The molecule has 1 saturated heterocycles. The first-order valence-corrected chi connectivity index (χ1v) is 8.13. The van der Waals surface area contributed by atoms with Crippen molar-refractivity contribution >= 4 is 17.5 Å². The van der Waals surface area contributed by atoms with E-state index in [0.29, 0.717) is 13.2 Å². The minimum atomic E-state index is -0.206. The standard InChI is InChI=1S/C18H26N2O3/c1-18(2,3)14-6-4-5-7-15(14)20-16(21)12-19-17(22)13-8-10-23-11-9-13/h4-7,13H,8-12H2,1-3H3,(H,19,22)(H,20,21). The summed E-state index contributed by atoms with van der Waals surface area (Å²) >= 11 is 0. The van der Waals surface area contributed by atoms with Crippen molar-refractivity contribution in [1.29, 1.82) is 0 Å². The van der Waals surface area contributed by atoms with Gasteiger partial charge in [0.25, 0.3) is 0 Å². The van der Waals surface area contributed by atoms with E-state index in [2.05, 4.69) is 31.4 Å². The molecule has 5 heteroatoms. The van der Waals surface area contributed by atoms with Gasteiger partial charge in [0.1, 0.15) is 0 Å². The van der Waals surface area contributed by atoms with Crippen LogP contribution in [0.1, 0.15) is 39.2 Å². The van der Waals surface area contributed by atoms with Gasteiger partial charge in [-0.15, -0.1) is 0 Å². The number of hydrogen-bond acceptors (Lipinski definition) is 3. The zero-order valence-corrected chi connectivity index (χ0v) is 14.1. The van der Waals surface area contributed by atoms with Gasteiger partial charge in [0, 0.05) is 24.8 Å². The molecular weight excluding hydrogens is 292 g/mol. The van der Waals surface area contributed by atoms with Crippen LogP contribution in [0.3, 0.4) is 0 Å². The van der Waals surface area contributed by atoms with E-state index in [0.717, 1.165) is 24.1 Å². The highest BCUT2D eigenvalue weighted by Gasteiger charge is 2.22. The van der Waals surface area contributed by atoms with Crippen LogP contribution in [0, 0.1) is 5.92 Å². The molecule has 0 saturated carbocycles. The van der Waals surface area contributed by atoms with E-state index < -0.39 is 0 Å². The molecule has 0 radical (unpaired) electrons. The predicted molar refractivity (Wildman–Crippen MR) is 90.3 cm³/mol. The quantitative estimate of drug-likeness (QED) is 0.896. The van der Waals surface area contributed by atoms with Crippen LogP contribution in [0.2, 0.25) is 0 Å². The van der Waals surface area contributed by atoms with Gasteiger partial charge in [-0.25, -0.2) is 0 Å². The second-order valence-corrected chi connectivity index (χ2v) is 6.95. The summed E-state index contributed by atoms with van der Waals surface area (Å²) < 4.78 is 5.24. The predicted octanol–water partition coefficient (Wildman–Crippen LogP) is 2.47. The molecule has 0 spiro atoms. The van der Waals surface area contributed by atoms with Gasteiger partial charge >= 0.3 is 0 Å². The fourth-order valence-corrected chi connectivity index (χ4v) is 2.71. The Bertz CT molecular complexity index is 558. The summed E-state index contributed by atoms with van der Waals surface area (Å²) in [6.45, 7) is 7.53. The molecule has 0 aliphatic carbocycles. The Morgan fingerprint density at radius 1 is 1.17 bits per heavy atom. The third-order valence-corrected chi connectivity index (χ3v) is 4.02. The van der Waals surface area contributed by atoms with Gasteiger partial charge in [0.05, 0.1) is 6.54 Å². The molecule has 126 valence electrons. The molecule has 0 aromatic heterocycles. The molecule has 1 aromatic rings. The fourth-order valence-electron chi connectivity index (χ4n) is 2.71. The van der Waals surface area contributed by atoms with Gasteiger partial charge in [-0.05, 0) is 29.9 Å². The molecule has 5 nitrogen and oxygen atoms in total. The lowest BCUT2D eigenvalue weighted by molar-refractivity contribution is -0.129. The summed E-state index contributed by atoms with van der Waals surface area (Å²) in [4.78, 5) is 24.2. The average molecular weight is 318 g/mol. The number of carbonyl (C=O) groups is 2. The molecule has 1 fully saturated rings. The monoisotopic (exact) mass is 318 g/mol. The third kappa shape index (κ3) is 5.06. The smallest absolute Gasteiger partial charge is 0.243 e. The van der Waals surface area contributed by atoms with E-state index in [1.807, 2.05) is 24.3 Å². The van der Waals surface area contributed by atoms with Crippen LogP contribution in [-0.2, 0) is 19.7 Å². The maximum absolute atomic E-state index is 12.1. The van der Waals surface area contributed by atoms with Crippen LogP contribution < -0.4 is 10.6 Å². The van der Waals surface area contributed by atoms with Crippen LogP contribution in [0.15, 0.2) is 24.3 Å². The number of rotatable bonds is 4. The number of anilines is 1. The summed E-state index contributed by atoms with van der Waals surface area (Å²) in [5.41, 5.74) is 1.81. The lowest BCUT2D eigenvalue weighted by Gasteiger charge is -2.23. The van der Waals surface area contributed by atoms with E-state index in [9.17, 15) is 9.59 Å². The number of amides is 2. The zero-order valence-electron chi connectivity index (χ0n) is 14.1. The van der Waals surface area contributed by atoms with Crippen molar-refractivity contribution in [2.24, 2.45) is 5.92 Å². The Morgan fingerprint density at radius 2 is 1.83 bits per heavy atom. The van der Waals surface area contributed by atoms with E-state index >= 15 is 0 Å². The topological polar surface area (TPSA) is 67.4 Å². The van der Waals surface area contributed by atoms with Crippen molar-refractivity contribution in [2.45, 2.75) is 39.0 Å². The minimum Gasteiger partial charge on any atom is -0.381 e. The van der Waals surface area contributed by atoms with Crippen LogP contribution in [0.25, 0.3) is 0 Å². The minimum absolute atomic E-state index is 0.00529. The largest absolute Gasteiger partial charge is 0.381 e. The first kappa shape index (κ1) is 17.5. The van der Waals surface area contributed by atoms with Crippen LogP contribution >= 0.6 is 0 Å². The maximum Gasteiger partial charge on any atom is 0.243 e. The summed E-state index contributed by atoms with van der Waals surface area (Å²) in [6, 6.07) is 7.75. The maximum atomic E-state index is 12.1. The number of hydrogen-bond donors (Lipinski definition) is 2. The lowest BCUT2D eigenvalue weighted by atomic mass is 9.86. The number of nitrogens with one attached hydrogen (secondary N) is 2. The highest BCUT2D eigenvalue weighted by molar-refractivity contribution is 5.95. The molecule has 23 heavy (non-hydrogen) atoms. The summed E-state index contributed by atoms with van der Waals surface area (Å²) in [7, 11) is 0. The molecule has 0 atom stereocenters. The van der Waals surface area contributed by atoms with Crippen molar-refractivity contribution in [3.05, 3.63) is 29.8 Å². The van der Waals surface area contributed by atoms with Crippen LogP contribution in [-0.4, -0.2) is 31.6 Å². The van der Waals surface area contributed by atoms with Gasteiger partial charge in [-0.1, -0.05) is 39.0 Å². The summed E-state index contributed by atoms with van der Waals surface area (Å²) in [5, 5.41) is 5.62. The highest BCUT2D eigenvalue weighted by Crippen LogP contribution is 2.29. The Kier molecular flexibility index (Phi) is 5.77. The van der Waals surface area contributed by atoms with E-state index in [1.54, 1.807) is 0 Å². The normalized spacial score (nSPS) is 16.0. The van der Waals surface area contributed by atoms with Gasteiger partial charge < -0.3 is 15.4 Å². The molecule has 2 amide bonds. The molecule has 1 heterocycles. The molecule has 1 aliphatic rings. The van der Waals surface area contributed by atoms with Gasteiger partial charge in [0.15, 0.2) is 0 Å². The van der Waals surface area contributed by atoms with E-state index in [4.69, 9.17) is 4.74 Å². The van der Waals surface area contributed by atoms with Crippen molar-refractivity contribution in [2.75, 3.05) is 25.1 Å². The first-order valence-electron chi connectivity index (χ1n) is 8.13. The Balaban J connectivity index is 1.89. The van der Waals surface area contributed by atoms with Crippen molar-refractivity contribution in [1.82, 2.24) is 5.32 Å². The van der Waals surface area contributed by atoms with Crippen molar-refractivity contribution in [3.8, 4) is 0 Å². The average Bonchev–Trinajstić information content (AvgIpc) is 2.53. The zero-order chi connectivity index (χ0) is 16.9. The van der Waals surface area contributed by atoms with Crippen LogP contribution in [0.4, 0.5) is 5.69 Å². The molecular formula is C18H26N2O3. The number of carbonyl (C=O) groups excluding carboxylic acids is 2. The van der Waals surface area contributed by atoms with Gasteiger partial charge in [-0.3, -0.25) is 9.59 Å². The highest BCUT2D eigenvalue weighted by atomic mass is 16.5. The fraction of sp³-hybridized carbons (Fsp3) is 0.556. The van der Waals surface area contributed by atoms with E-state index in [1.165, 1.54) is 0 Å². The summed E-state index contributed by atoms with van der Waals surface area (Å²) in [5.74, 6) is -0.312. The molecule has 2 N–H and O–H groups in total. The third-order valence-electron chi connectivity index (χ3n) is 4.02. The van der Waals surface area contributed by atoms with Gasteiger partial charge in [0.2, 0.25) is 11.8 Å². The molecule has 1 aromatic carbocycles. The van der Waals surface area contributed by atoms with Crippen molar-refractivity contribution in [3.63, 3.8) is 0 Å². The molecule has 0 bridgehead atoms. The number of para-hydroxylation sites is 1. The molecule has 1 aliphatic heterocycles. The van der Waals surface area contributed by atoms with Crippen LogP contribution in [0.5, 0.6) is 0 Å². The SMILES string of the molecule is CC(C)(C)c1ccccc1NC(=O)CNC(=O)C1CCOCC1. The summed E-state index contributed by atoms with van der Waals surface area (Å²) in [6.07, 6.45) is 1.45. The van der Waals surface area contributed by atoms with Crippen molar-refractivity contribution < 1.29 is 14.3 Å². The Hall–Kier alpha value is -1.88. The van der Waals surface area contributed by atoms with E-state index in [-0.39, 0.29) is 29.7 Å². The molecule has 0 unspecified atom stereocenters. The van der Waals surface area contributed by atoms with Gasteiger partial charge in [-0.2, -0.15) is 0 Å². The number of ether oxygens (including phenoxy) is 1. The molecule has 2 rings (SSSR count). The Labute approximate surface area is 137 Å². The second kappa shape index (κ2) is 7.59.